The van der Waals surface area contributed by atoms with E-state index in [4.69, 9.17) is 4.74 Å². The molecular formula is C15H23NOS. The van der Waals surface area contributed by atoms with Gasteiger partial charge < -0.3 is 10.1 Å². The molecule has 18 heavy (non-hydrogen) atoms. The van der Waals surface area contributed by atoms with Gasteiger partial charge in [-0.15, -0.1) is 11.3 Å². The molecule has 2 heterocycles. The summed E-state index contributed by atoms with van der Waals surface area (Å²) in [7, 11) is 0. The summed E-state index contributed by atoms with van der Waals surface area (Å²) in [6.45, 7) is 4.20. The molecule has 1 atom stereocenters. The molecule has 1 unspecified atom stereocenters. The molecule has 3 heteroatoms. The van der Waals surface area contributed by atoms with Gasteiger partial charge >= 0.3 is 0 Å². The monoisotopic (exact) mass is 265 g/mol. The molecule has 0 radical (unpaired) electrons. The van der Waals surface area contributed by atoms with Gasteiger partial charge in [0.1, 0.15) is 6.10 Å². The molecule has 100 valence electrons. The predicted octanol–water partition coefficient (Wildman–Crippen LogP) is 3.81. The molecule has 1 saturated heterocycles. The van der Waals surface area contributed by atoms with E-state index in [2.05, 4.69) is 24.4 Å². The van der Waals surface area contributed by atoms with Crippen LogP contribution in [0.1, 0.15) is 54.4 Å². The molecule has 1 aliphatic heterocycles. The Bertz CT molecular complexity index is 393. The summed E-state index contributed by atoms with van der Waals surface area (Å²) >= 11 is 1.88. The maximum atomic E-state index is 6.54. The van der Waals surface area contributed by atoms with Crippen LogP contribution in [0, 0.1) is 6.92 Å². The fourth-order valence-electron chi connectivity index (χ4n) is 3.27. The van der Waals surface area contributed by atoms with Crippen molar-refractivity contribution < 1.29 is 4.74 Å². The Morgan fingerprint density at radius 2 is 2.00 bits per heavy atom. The van der Waals surface area contributed by atoms with Gasteiger partial charge in [-0.2, -0.15) is 0 Å². The van der Waals surface area contributed by atoms with Gasteiger partial charge in [-0.1, -0.05) is 25.7 Å². The number of ether oxygens (including phenoxy) is 1. The summed E-state index contributed by atoms with van der Waals surface area (Å²) in [6, 6.07) is 4.44. The summed E-state index contributed by atoms with van der Waals surface area (Å²) in [4.78, 5) is 2.78. The number of hydrogen-bond acceptors (Lipinski definition) is 3. The van der Waals surface area contributed by atoms with Gasteiger partial charge in [-0.05, 0) is 31.9 Å². The minimum Gasteiger partial charge on any atom is -0.364 e. The van der Waals surface area contributed by atoms with E-state index in [9.17, 15) is 0 Å². The summed E-state index contributed by atoms with van der Waals surface area (Å²) in [5, 5.41) is 3.61. The molecule has 2 aliphatic rings. The lowest BCUT2D eigenvalue weighted by Gasteiger charge is -2.41. The molecule has 2 fully saturated rings. The lowest BCUT2D eigenvalue weighted by molar-refractivity contribution is -0.124. The largest absolute Gasteiger partial charge is 0.364 e. The lowest BCUT2D eigenvalue weighted by atomic mass is 9.92. The Balaban J connectivity index is 1.74. The van der Waals surface area contributed by atoms with E-state index < -0.39 is 0 Å². The van der Waals surface area contributed by atoms with Crippen molar-refractivity contribution in [2.75, 3.05) is 13.1 Å². The second kappa shape index (κ2) is 5.32. The summed E-state index contributed by atoms with van der Waals surface area (Å²) in [5.74, 6) is 0. The van der Waals surface area contributed by atoms with Crippen LogP contribution >= 0.6 is 11.3 Å². The number of morpholine rings is 1. The van der Waals surface area contributed by atoms with Crippen LogP contribution < -0.4 is 5.32 Å². The van der Waals surface area contributed by atoms with E-state index in [0.29, 0.717) is 0 Å². The van der Waals surface area contributed by atoms with Crippen LogP contribution in [-0.2, 0) is 4.74 Å². The summed E-state index contributed by atoms with van der Waals surface area (Å²) in [6.07, 6.45) is 8.18. The molecule has 1 aromatic heterocycles. The third kappa shape index (κ3) is 2.63. The minimum atomic E-state index is 0.122. The average molecular weight is 265 g/mol. The topological polar surface area (TPSA) is 21.3 Å². The number of rotatable bonds is 1. The fourth-order valence-corrected chi connectivity index (χ4v) is 4.18. The van der Waals surface area contributed by atoms with Crippen molar-refractivity contribution in [3.63, 3.8) is 0 Å². The number of aryl methyl sites for hydroxylation is 1. The van der Waals surface area contributed by atoms with Crippen LogP contribution in [0.2, 0.25) is 0 Å². The van der Waals surface area contributed by atoms with E-state index in [1.54, 1.807) is 0 Å². The highest BCUT2D eigenvalue weighted by atomic mass is 32.1. The average Bonchev–Trinajstić information content (AvgIpc) is 2.69. The second-order valence-electron chi connectivity index (χ2n) is 5.78. The maximum Gasteiger partial charge on any atom is 0.105 e. The highest BCUT2D eigenvalue weighted by Gasteiger charge is 2.38. The van der Waals surface area contributed by atoms with Crippen molar-refractivity contribution >= 4 is 11.3 Å². The van der Waals surface area contributed by atoms with Crippen molar-refractivity contribution in [2.45, 2.75) is 57.2 Å². The van der Waals surface area contributed by atoms with Crippen molar-refractivity contribution in [3.8, 4) is 0 Å². The van der Waals surface area contributed by atoms with Gasteiger partial charge in [0.25, 0.3) is 0 Å². The molecule has 0 bridgehead atoms. The Morgan fingerprint density at radius 3 is 2.67 bits per heavy atom. The predicted molar refractivity (Wildman–Crippen MR) is 76.2 cm³/mol. The first-order valence-corrected chi connectivity index (χ1v) is 8.04. The molecule has 1 aliphatic carbocycles. The van der Waals surface area contributed by atoms with E-state index >= 15 is 0 Å². The number of thiophene rings is 1. The number of hydrogen-bond donors (Lipinski definition) is 1. The van der Waals surface area contributed by atoms with Gasteiger partial charge in [-0.25, -0.2) is 0 Å². The standard InChI is InChI=1S/C15H23NOS/c1-12-6-7-14(18-12)13-10-16-11-15(17-13)8-4-2-3-5-9-15/h6-7,13,16H,2-5,8-11H2,1H3. The Morgan fingerprint density at radius 1 is 1.22 bits per heavy atom. The Kier molecular flexibility index (Phi) is 3.73. The molecule has 1 aromatic rings. The molecule has 3 rings (SSSR count). The zero-order valence-corrected chi connectivity index (χ0v) is 12.0. The van der Waals surface area contributed by atoms with Crippen LogP contribution in [0.25, 0.3) is 0 Å². The summed E-state index contributed by atoms with van der Waals surface area (Å²) < 4.78 is 6.54. The van der Waals surface area contributed by atoms with Gasteiger partial charge in [-0.3, -0.25) is 0 Å². The zero-order chi connectivity index (χ0) is 12.4. The highest BCUT2D eigenvalue weighted by Crippen LogP contribution is 2.38. The van der Waals surface area contributed by atoms with Crippen LogP contribution in [0.4, 0.5) is 0 Å². The van der Waals surface area contributed by atoms with Crippen LogP contribution in [0.3, 0.4) is 0 Å². The van der Waals surface area contributed by atoms with E-state index in [0.717, 1.165) is 13.1 Å². The third-order valence-corrected chi connectivity index (χ3v) is 5.36. The smallest absolute Gasteiger partial charge is 0.105 e. The van der Waals surface area contributed by atoms with Gasteiger partial charge in [0, 0.05) is 22.8 Å². The van der Waals surface area contributed by atoms with Crippen LogP contribution in [-0.4, -0.2) is 18.7 Å². The van der Waals surface area contributed by atoms with Crippen molar-refractivity contribution in [2.24, 2.45) is 0 Å². The lowest BCUT2D eigenvalue weighted by Crippen LogP contribution is -2.50. The van der Waals surface area contributed by atoms with E-state index in [1.807, 2.05) is 11.3 Å². The second-order valence-corrected chi connectivity index (χ2v) is 7.10. The van der Waals surface area contributed by atoms with Crippen LogP contribution in [0.15, 0.2) is 12.1 Å². The first-order valence-electron chi connectivity index (χ1n) is 7.22. The van der Waals surface area contributed by atoms with Crippen molar-refractivity contribution in [1.29, 1.82) is 0 Å². The van der Waals surface area contributed by atoms with Gasteiger partial charge in [0.2, 0.25) is 0 Å². The third-order valence-electron chi connectivity index (χ3n) is 4.26. The van der Waals surface area contributed by atoms with E-state index in [-0.39, 0.29) is 11.7 Å². The number of nitrogens with one attached hydrogen (secondary N) is 1. The molecule has 0 aromatic carbocycles. The fraction of sp³-hybridized carbons (Fsp3) is 0.733. The van der Waals surface area contributed by atoms with E-state index in [1.165, 1.54) is 48.3 Å². The Hall–Kier alpha value is -0.380. The molecule has 1 spiro atoms. The highest BCUT2D eigenvalue weighted by molar-refractivity contribution is 7.12. The normalized spacial score (nSPS) is 28.2. The molecular weight excluding hydrogens is 242 g/mol. The SMILES string of the molecule is Cc1ccc(C2CNCC3(CCCCCC3)O2)s1. The first-order chi connectivity index (χ1) is 8.77. The van der Waals surface area contributed by atoms with Crippen LogP contribution in [0.5, 0.6) is 0 Å². The maximum absolute atomic E-state index is 6.54. The molecule has 1 saturated carbocycles. The molecule has 1 N–H and O–H groups in total. The minimum absolute atomic E-state index is 0.122. The molecule has 2 nitrogen and oxygen atoms in total. The van der Waals surface area contributed by atoms with Gasteiger partial charge in [0.15, 0.2) is 0 Å². The molecule has 0 amide bonds. The summed E-state index contributed by atoms with van der Waals surface area (Å²) in [5.41, 5.74) is 0.122. The quantitative estimate of drug-likeness (QED) is 0.833. The Labute approximate surface area is 114 Å². The zero-order valence-electron chi connectivity index (χ0n) is 11.2. The van der Waals surface area contributed by atoms with Gasteiger partial charge in [0.05, 0.1) is 5.60 Å². The van der Waals surface area contributed by atoms with Crippen molar-refractivity contribution in [1.82, 2.24) is 5.32 Å². The van der Waals surface area contributed by atoms with Crippen molar-refractivity contribution in [3.05, 3.63) is 21.9 Å². The first kappa shape index (κ1) is 12.6.